The maximum absolute atomic E-state index is 11.8. The van der Waals surface area contributed by atoms with E-state index in [9.17, 15) is 9.59 Å². The second-order valence-electron chi connectivity index (χ2n) is 9.86. The molecule has 198 valence electrons. The summed E-state index contributed by atoms with van der Waals surface area (Å²) in [6.07, 6.45) is 5.38. The number of carbonyl (C=O) groups is 2. The van der Waals surface area contributed by atoms with Gasteiger partial charge in [-0.05, 0) is 86.0 Å². The molecule has 0 radical (unpaired) electrons. The summed E-state index contributed by atoms with van der Waals surface area (Å²) in [5, 5.41) is 6.58. The van der Waals surface area contributed by atoms with Gasteiger partial charge in [-0.25, -0.2) is 15.0 Å². The number of anilines is 1. The molecule has 0 atom stereocenters. The number of hydrogen-bond donors (Lipinski definition) is 2. The summed E-state index contributed by atoms with van der Waals surface area (Å²) >= 11 is 0.889. The van der Waals surface area contributed by atoms with Crippen molar-refractivity contribution < 1.29 is 14.0 Å². The van der Waals surface area contributed by atoms with Crippen LogP contribution < -0.4 is 15.5 Å². The van der Waals surface area contributed by atoms with Crippen LogP contribution in [0.5, 0.6) is 0 Å². The summed E-state index contributed by atoms with van der Waals surface area (Å²) in [7, 11) is 0. The van der Waals surface area contributed by atoms with Gasteiger partial charge in [0.25, 0.3) is 11.1 Å². The van der Waals surface area contributed by atoms with Gasteiger partial charge in [-0.15, -0.1) is 0 Å². The number of imide groups is 1. The molecule has 39 heavy (non-hydrogen) atoms. The van der Waals surface area contributed by atoms with Crippen molar-refractivity contribution in [1.82, 2.24) is 25.6 Å². The SMILES string of the molecule is Cc1cc(CNCC2CCN(c3nccc(/C=C4/SC(=O)NC4=O)n3)CC2)nc(-c2cc3ccccc3o2)c1. The summed E-state index contributed by atoms with van der Waals surface area (Å²) < 4.78 is 6.03. The molecule has 5 heterocycles. The summed E-state index contributed by atoms with van der Waals surface area (Å²) in [6, 6.07) is 16.0. The molecule has 4 aromatic rings. The van der Waals surface area contributed by atoms with Crippen molar-refractivity contribution >= 4 is 45.9 Å². The molecule has 10 heteroatoms. The number of piperidine rings is 1. The van der Waals surface area contributed by atoms with E-state index in [2.05, 4.69) is 44.6 Å². The van der Waals surface area contributed by atoms with Gasteiger partial charge < -0.3 is 14.6 Å². The van der Waals surface area contributed by atoms with Gasteiger partial charge in [-0.1, -0.05) is 18.2 Å². The standard InChI is InChI=1S/C29H28N6O3S/c1-18-12-22(32-23(13-18)25-14-20-4-2-3-5-24(20)38-25)17-30-16-19-7-10-35(11-8-19)28-31-9-6-21(33-28)15-26-27(36)34-29(37)39-26/h2-6,9,12-15,19,30H,7-8,10-11,16-17H2,1H3,(H,34,36,37)/b26-15+. The number of thioether (sulfide) groups is 1. The number of carbonyl (C=O) groups excluding carboxylic acids is 2. The van der Waals surface area contributed by atoms with Gasteiger partial charge in [0.1, 0.15) is 11.3 Å². The summed E-state index contributed by atoms with van der Waals surface area (Å²) in [6.45, 7) is 5.42. The molecule has 2 fully saturated rings. The molecule has 0 saturated carbocycles. The van der Waals surface area contributed by atoms with Crippen molar-refractivity contribution in [2.75, 3.05) is 24.5 Å². The number of benzene rings is 1. The number of fused-ring (bicyclic) bond motifs is 1. The Hall–Kier alpha value is -4.02. The zero-order valence-electron chi connectivity index (χ0n) is 21.5. The number of para-hydroxylation sites is 1. The van der Waals surface area contributed by atoms with E-state index in [1.54, 1.807) is 18.3 Å². The van der Waals surface area contributed by atoms with Crippen molar-refractivity contribution in [3.8, 4) is 11.5 Å². The van der Waals surface area contributed by atoms with Crippen molar-refractivity contribution in [3.05, 3.63) is 76.6 Å². The first-order chi connectivity index (χ1) is 19.0. The van der Waals surface area contributed by atoms with Crippen molar-refractivity contribution in [2.24, 2.45) is 5.92 Å². The predicted octanol–water partition coefficient (Wildman–Crippen LogP) is 4.92. The lowest BCUT2D eigenvalue weighted by atomic mass is 9.97. The lowest BCUT2D eigenvalue weighted by molar-refractivity contribution is -0.115. The van der Waals surface area contributed by atoms with E-state index in [4.69, 9.17) is 9.40 Å². The number of rotatable bonds is 7. The van der Waals surface area contributed by atoms with Gasteiger partial charge in [-0.3, -0.25) is 14.9 Å². The quantitative estimate of drug-likeness (QED) is 0.315. The minimum absolute atomic E-state index is 0.349. The highest BCUT2D eigenvalue weighted by atomic mass is 32.2. The first kappa shape index (κ1) is 25.3. The van der Waals surface area contributed by atoms with Crippen molar-refractivity contribution in [1.29, 1.82) is 0 Å². The predicted molar refractivity (Wildman–Crippen MR) is 152 cm³/mol. The van der Waals surface area contributed by atoms with Crippen LogP contribution in [0.25, 0.3) is 28.5 Å². The topological polar surface area (TPSA) is 113 Å². The fraction of sp³-hybridized carbons (Fsp3) is 0.276. The van der Waals surface area contributed by atoms with E-state index in [-0.39, 0.29) is 11.1 Å². The van der Waals surface area contributed by atoms with Gasteiger partial charge in [0.2, 0.25) is 5.95 Å². The Labute approximate surface area is 230 Å². The number of nitrogens with one attached hydrogen (secondary N) is 2. The third kappa shape index (κ3) is 5.86. The molecule has 0 spiro atoms. The molecule has 6 rings (SSSR count). The maximum Gasteiger partial charge on any atom is 0.290 e. The van der Waals surface area contributed by atoms with E-state index in [0.717, 1.165) is 77.9 Å². The molecule has 3 aromatic heterocycles. The Morgan fingerprint density at radius 1 is 1.13 bits per heavy atom. The Morgan fingerprint density at radius 3 is 2.77 bits per heavy atom. The molecule has 0 bridgehead atoms. The second-order valence-corrected chi connectivity index (χ2v) is 10.9. The molecular formula is C29H28N6O3S. The Morgan fingerprint density at radius 2 is 1.97 bits per heavy atom. The van der Waals surface area contributed by atoms with Crippen LogP contribution in [0.3, 0.4) is 0 Å². The molecule has 2 amide bonds. The molecule has 0 unspecified atom stereocenters. The number of hydrogen-bond acceptors (Lipinski definition) is 9. The van der Waals surface area contributed by atoms with E-state index < -0.39 is 0 Å². The molecule has 2 aliphatic heterocycles. The molecule has 2 N–H and O–H groups in total. The lowest BCUT2D eigenvalue weighted by Gasteiger charge is -2.32. The maximum atomic E-state index is 11.8. The minimum atomic E-state index is -0.384. The van der Waals surface area contributed by atoms with Gasteiger partial charge in [0.05, 0.1) is 16.3 Å². The Balaban J connectivity index is 1.02. The summed E-state index contributed by atoms with van der Waals surface area (Å²) in [5.41, 5.74) is 4.49. The highest BCUT2D eigenvalue weighted by Crippen LogP contribution is 2.28. The molecule has 9 nitrogen and oxygen atoms in total. The third-order valence-corrected chi connectivity index (χ3v) is 7.73. The summed E-state index contributed by atoms with van der Waals surface area (Å²) in [5.74, 6) is 1.60. The fourth-order valence-electron chi connectivity index (χ4n) is 4.96. The van der Waals surface area contributed by atoms with Crippen LogP contribution in [0.4, 0.5) is 10.7 Å². The molecular weight excluding hydrogens is 512 g/mol. The first-order valence-corrected chi connectivity index (χ1v) is 13.8. The van der Waals surface area contributed by atoms with Crippen LogP contribution in [0.2, 0.25) is 0 Å². The highest BCUT2D eigenvalue weighted by molar-refractivity contribution is 8.18. The summed E-state index contributed by atoms with van der Waals surface area (Å²) in [4.78, 5) is 39.7. The monoisotopic (exact) mass is 540 g/mol. The van der Waals surface area contributed by atoms with Gasteiger partial charge in [0.15, 0.2) is 5.76 Å². The van der Waals surface area contributed by atoms with Crippen LogP contribution >= 0.6 is 11.8 Å². The molecule has 0 aliphatic carbocycles. The largest absolute Gasteiger partial charge is 0.454 e. The number of aromatic nitrogens is 3. The van der Waals surface area contributed by atoms with Gasteiger partial charge in [0, 0.05) is 31.2 Å². The fourth-order valence-corrected chi connectivity index (χ4v) is 5.62. The molecule has 1 aromatic carbocycles. The third-order valence-electron chi connectivity index (χ3n) is 6.92. The van der Waals surface area contributed by atoms with Gasteiger partial charge in [-0.2, -0.15) is 0 Å². The van der Waals surface area contributed by atoms with E-state index >= 15 is 0 Å². The normalized spacial score (nSPS) is 17.4. The molecule has 2 saturated heterocycles. The van der Waals surface area contributed by atoms with Crippen LogP contribution in [0, 0.1) is 12.8 Å². The first-order valence-electron chi connectivity index (χ1n) is 13.0. The van der Waals surface area contributed by atoms with Crippen LogP contribution in [0.1, 0.15) is 29.8 Å². The average Bonchev–Trinajstić information content (AvgIpc) is 3.51. The Bertz CT molecular complexity index is 1540. The average molecular weight is 541 g/mol. The van der Waals surface area contributed by atoms with Crippen molar-refractivity contribution in [3.63, 3.8) is 0 Å². The highest BCUT2D eigenvalue weighted by Gasteiger charge is 2.26. The van der Waals surface area contributed by atoms with Gasteiger partial charge >= 0.3 is 0 Å². The van der Waals surface area contributed by atoms with Crippen molar-refractivity contribution in [2.45, 2.75) is 26.3 Å². The second kappa shape index (κ2) is 11.0. The van der Waals surface area contributed by atoms with E-state index in [1.807, 2.05) is 30.3 Å². The number of aryl methyl sites for hydroxylation is 1. The molecule has 2 aliphatic rings. The number of furan rings is 1. The minimum Gasteiger partial charge on any atom is -0.454 e. The van der Waals surface area contributed by atoms with Crippen LogP contribution in [-0.2, 0) is 11.3 Å². The zero-order chi connectivity index (χ0) is 26.8. The number of pyridine rings is 1. The number of nitrogens with zero attached hydrogens (tertiary/aromatic N) is 4. The van der Waals surface area contributed by atoms with Crippen LogP contribution in [0.15, 0.2) is 64.1 Å². The smallest absolute Gasteiger partial charge is 0.290 e. The van der Waals surface area contributed by atoms with E-state index in [1.165, 1.54) is 0 Å². The van der Waals surface area contributed by atoms with E-state index in [0.29, 0.717) is 29.0 Å². The Kier molecular flexibility index (Phi) is 7.12. The number of amides is 2. The zero-order valence-corrected chi connectivity index (χ0v) is 22.3. The van der Waals surface area contributed by atoms with Crippen LogP contribution in [-0.4, -0.2) is 45.7 Å². The lowest BCUT2D eigenvalue weighted by Crippen LogP contribution is -2.38.